The Morgan fingerprint density at radius 3 is 2.17 bits per heavy atom. The number of benzene rings is 2. The van der Waals surface area contributed by atoms with Crippen molar-refractivity contribution in [2.75, 3.05) is 25.6 Å². The van der Waals surface area contributed by atoms with Crippen molar-refractivity contribution in [1.82, 2.24) is 4.90 Å². The van der Waals surface area contributed by atoms with Crippen LogP contribution in [0.3, 0.4) is 0 Å². The van der Waals surface area contributed by atoms with Crippen LogP contribution in [0.2, 0.25) is 0 Å². The Labute approximate surface area is 177 Å². The van der Waals surface area contributed by atoms with Crippen LogP contribution in [-0.4, -0.2) is 43.1 Å². The predicted octanol–water partition coefficient (Wildman–Crippen LogP) is 3.93. The van der Waals surface area contributed by atoms with Crippen molar-refractivity contribution in [3.8, 4) is 5.75 Å². The van der Waals surface area contributed by atoms with Gasteiger partial charge in [0.15, 0.2) is 0 Å². The second-order valence-corrected chi connectivity index (χ2v) is 7.66. The second-order valence-electron chi connectivity index (χ2n) is 7.66. The number of methoxy groups -OCH3 is 1. The lowest BCUT2D eigenvalue weighted by Gasteiger charge is -2.16. The number of imide groups is 1. The maximum absolute atomic E-state index is 13.2. The molecule has 158 valence electrons. The Morgan fingerprint density at radius 1 is 0.967 bits per heavy atom. The van der Waals surface area contributed by atoms with E-state index >= 15 is 0 Å². The van der Waals surface area contributed by atoms with Gasteiger partial charge in [-0.15, -0.1) is 0 Å². The number of aryl methyl sites for hydroxylation is 2. The van der Waals surface area contributed by atoms with E-state index in [1.807, 2.05) is 39.8 Å². The molecule has 0 spiro atoms. The van der Waals surface area contributed by atoms with Gasteiger partial charge in [-0.25, -0.2) is 0 Å². The highest BCUT2D eigenvalue weighted by Crippen LogP contribution is 2.31. The largest absolute Gasteiger partial charge is 0.497 e. The Kier molecular flexibility index (Phi) is 6.57. The lowest BCUT2D eigenvalue weighted by Crippen LogP contribution is -2.35. The van der Waals surface area contributed by atoms with Crippen LogP contribution < -0.4 is 10.1 Å². The van der Waals surface area contributed by atoms with Gasteiger partial charge in [-0.05, 0) is 68.7 Å². The molecular weight excluding hydrogens is 380 g/mol. The van der Waals surface area contributed by atoms with E-state index in [0.717, 1.165) is 16.8 Å². The predicted molar refractivity (Wildman–Crippen MR) is 117 cm³/mol. The van der Waals surface area contributed by atoms with Crippen molar-refractivity contribution in [1.29, 1.82) is 0 Å². The average Bonchev–Trinajstić information content (AvgIpc) is 2.91. The number of ether oxygens (including phenoxy) is 2. The van der Waals surface area contributed by atoms with Crippen LogP contribution in [0, 0.1) is 13.8 Å². The smallest absolute Gasteiger partial charge is 0.278 e. The number of nitrogens with one attached hydrogen (secondary N) is 1. The van der Waals surface area contributed by atoms with Gasteiger partial charge in [0.05, 0.1) is 31.9 Å². The lowest BCUT2D eigenvalue weighted by molar-refractivity contribution is -0.137. The van der Waals surface area contributed by atoms with Gasteiger partial charge in [0.25, 0.3) is 11.8 Å². The van der Waals surface area contributed by atoms with Crippen LogP contribution in [0.15, 0.2) is 48.2 Å². The molecule has 1 aliphatic rings. The summed E-state index contributed by atoms with van der Waals surface area (Å²) in [5, 5.41) is 3.20. The van der Waals surface area contributed by atoms with Crippen LogP contribution in [-0.2, 0) is 14.3 Å². The molecule has 0 unspecified atom stereocenters. The minimum absolute atomic E-state index is 0.0275. The van der Waals surface area contributed by atoms with E-state index in [0.29, 0.717) is 23.5 Å². The second kappa shape index (κ2) is 9.13. The molecular formula is C24H28N2O4. The highest BCUT2D eigenvalue weighted by Gasteiger charge is 2.39. The Bertz CT molecular complexity index is 957. The Hall–Kier alpha value is -3.12. The molecule has 2 aromatic carbocycles. The van der Waals surface area contributed by atoms with Crippen molar-refractivity contribution in [2.45, 2.75) is 33.8 Å². The Morgan fingerprint density at radius 2 is 1.60 bits per heavy atom. The molecule has 2 aromatic rings. The first-order valence-electron chi connectivity index (χ1n) is 10.0. The molecule has 0 saturated heterocycles. The number of amides is 2. The number of hydrogen-bond acceptors (Lipinski definition) is 5. The van der Waals surface area contributed by atoms with Gasteiger partial charge >= 0.3 is 0 Å². The molecule has 0 saturated carbocycles. The summed E-state index contributed by atoms with van der Waals surface area (Å²) in [6.07, 6.45) is 0.0275. The maximum atomic E-state index is 13.2. The standard InChI is InChI=1S/C24H28N2O4/c1-15(2)30-11-10-26-23(27)21(18-6-8-20(29-5)9-7-18)22(24(26)28)25-19-13-16(3)12-17(4)14-19/h6-9,12-15,25H,10-11H2,1-5H3. The highest BCUT2D eigenvalue weighted by molar-refractivity contribution is 6.36. The summed E-state index contributed by atoms with van der Waals surface area (Å²) in [5.74, 6) is 0.00358. The minimum Gasteiger partial charge on any atom is -0.497 e. The van der Waals surface area contributed by atoms with E-state index in [4.69, 9.17) is 9.47 Å². The van der Waals surface area contributed by atoms with E-state index in [9.17, 15) is 9.59 Å². The Balaban J connectivity index is 1.98. The first-order valence-corrected chi connectivity index (χ1v) is 10.0. The summed E-state index contributed by atoms with van der Waals surface area (Å²) in [7, 11) is 1.59. The molecule has 0 radical (unpaired) electrons. The van der Waals surface area contributed by atoms with Crippen molar-refractivity contribution in [2.24, 2.45) is 0 Å². The number of rotatable bonds is 8. The summed E-state index contributed by atoms with van der Waals surface area (Å²) < 4.78 is 10.8. The van der Waals surface area contributed by atoms with Gasteiger partial charge in [0.2, 0.25) is 0 Å². The van der Waals surface area contributed by atoms with E-state index in [1.54, 1.807) is 31.4 Å². The molecule has 1 aliphatic heterocycles. The molecule has 1 N–H and O–H groups in total. The molecule has 0 bridgehead atoms. The molecule has 30 heavy (non-hydrogen) atoms. The van der Waals surface area contributed by atoms with E-state index in [2.05, 4.69) is 11.4 Å². The fourth-order valence-electron chi connectivity index (χ4n) is 3.49. The van der Waals surface area contributed by atoms with Gasteiger partial charge in [-0.2, -0.15) is 0 Å². The van der Waals surface area contributed by atoms with Crippen molar-refractivity contribution in [3.05, 3.63) is 64.9 Å². The molecule has 0 atom stereocenters. The third-order valence-electron chi connectivity index (χ3n) is 4.80. The van der Waals surface area contributed by atoms with E-state index < -0.39 is 0 Å². The number of carbonyl (C=O) groups is 2. The van der Waals surface area contributed by atoms with Gasteiger partial charge in [-0.3, -0.25) is 14.5 Å². The molecule has 0 aromatic heterocycles. The fraction of sp³-hybridized carbons (Fsp3) is 0.333. The molecule has 3 rings (SSSR count). The van der Waals surface area contributed by atoms with Crippen molar-refractivity contribution in [3.63, 3.8) is 0 Å². The lowest BCUT2D eigenvalue weighted by atomic mass is 10.0. The summed E-state index contributed by atoms with van der Waals surface area (Å²) in [6, 6.07) is 13.1. The number of anilines is 1. The summed E-state index contributed by atoms with van der Waals surface area (Å²) >= 11 is 0. The van der Waals surface area contributed by atoms with E-state index in [1.165, 1.54) is 4.90 Å². The molecule has 0 fully saturated rings. The van der Waals surface area contributed by atoms with Gasteiger partial charge < -0.3 is 14.8 Å². The number of hydrogen-bond donors (Lipinski definition) is 1. The summed E-state index contributed by atoms with van der Waals surface area (Å²) in [4.78, 5) is 27.6. The zero-order valence-electron chi connectivity index (χ0n) is 18.1. The topological polar surface area (TPSA) is 67.9 Å². The van der Waals surface area contributed by atoms with Crippen LogP contribution in [0.1, 0.15) is 30.5 Å². The van der Waals surface area contributed by atoms with Crippen molar-refractivity contribution >= 4 is 23.1 Å². The van der Waals surface area contributed by atoms with Gasteiger partial charge in [-0.1, -0.05) is 18.2 Å². The van der Waals surface area contributed by atoms with Crippen LogP contribution in [0.4, 0.5) is 5.69 Å². The zero-order valence-corrected chi connectivity index (χ0v) is 18.1. The monoisotopic (exact) mass is 408 g/mol. The maximum Gasteiger partial charge on any atom is 0.278 e. The summed E-state index contributed by atoms with van der Waals surface area (Å²) in [5.41, 5.74) is 4.21. The van der Waals surface area contributed by atoms with Gasteiger partial charge in [0, 0.05) is 5.69 Å². The molecule has 2 amide bonds. The first kappa shape index (κ1) is 21.6. The third kappa shape index (κ3) is 4.71. The minimum atomic E-state index is -0.350. The fourth-order valence-corrected chi connectivity index (χ4v) is 3.49. The molecule has 0 aliphatic carbocycles. The SMILES string of the molecule is COc1ccc(C2=C(Nc3cc(C)cc(C)c3)C(=O)N(CCOC(C)C)C2=O)cc1. The van der Waals surface area contributed by atoms with Crippen LogP contribution in [0.5, 0.6) is 5.75 Å². The van der Waals surface area contributed by atoms with Crippen molar-refractivity contribution < 1.29 is 19.1 Å². The summed E-state index contributed by atoms with van der Waals surface area (Å²) in [6.45, 7) is 8.32. The molecule has 6 nitrogen and oxygen atoms in total. The first-order chi connectivity index (χ1) is 14.3. The van der Waals surface area contributed by atoms with Crippen LogP contribution >= 0.6 is 0 Å². The third-order valence-corrected chi connectivity index (χ3v) is 4.80. The normalized spacial score (nSPS) is 14.1. The quantitative estimate of drug-likeness (QED) is 0.671. The van der Waals surface area contributed by atoms with Gasteiger partial charge in [0.1, 0.15) is 11.4 Å². The van der Waals surface area contributed by atoms with E-state index in [-0.39, 0.29) is 30.2 Å². The molecule has 1 heterocycles. The molecule has 6 heteroatoms. The zero-order chi connectivity index (χ0) is 21.8. The average molecular weight is 408 g/mol. The number of nitrogens with zero attached hydrogens (tertiary/aromatic N) is 1. The van der Waals surface area contributed by atoms with Crippen LogP contribution in [0.25, 0.3) is 5.57 Å². The highest BCUT2D eigenvalue weighted by atomic mass is 16.5. The number of carbonyl (C=O) groups excluding carboxylic acids is 2.